The molecule has 2 aromatic rings. The van der Waals surface area contributed by atoms with Crippen LogP contribution in [-0.2, 0) is 11.3 Å². The number of amides is 1. The van der Waals surface area contributed by atoms with Crippen LogP contribution in [0.5, 0.6) is 0 Å². The number of likely N-dealkylation sites (tertiary alicyclic amines) is 1. The molecule has 0 radical (unpaired) electrons. The van der Waals surface area contributed by atoms with Gasteiger partial charge in [0.15, 0.2) is 0 Å². The highest BCUT2D eigenvalue weighted by atomic mass is 19.1. The highest BCUT2D eigenvalue weighted by Gasteiger charge is 2.22. The van der Waals surface area contributed by atoms with Gasteiger partial charge in [-0.25, -0.2) is 14.9 Å². The molecule has 0 spiro atoms. The molecule has 2 heterocycles. The first-order chi connectivity index (χ1) is 12.6. The first-order valence-corrected chi connectivity index (χ1v) is 8.44. The maximum atomic E-state index is 13.0. The number of anilines is 1. The number of carbonyl (C=O) groups excluding carboxylic acids is 1. The second-order valence-corrected chi connectivity index (χ2v) is 6.28. The van der Waals surface area contributed by atoms with E-state index in [0.717, 1.165) is 43.0 Å². The molecule has 3 N–H and O–H groups in total. The fourth-order valence-electron chi connectivity index (χ4n) is 2.95. The smallest absolute Gasteiger partial charge is 0.267 e. The average Bonchev–Trinajstić information content (AvgIpc) is 3.09. The number of nitrogens with one attached hydrogen (secondary N) is 2. The lowest BCUT2D eigenvalue weighted by Crippen LogP contribution is -2.26. The van der Waals surface area contributed by atoms with Crippen molar-refractivity contribution in [3.05, 3.63) is 65.6 Å². The number of hydrogen-bond donors (Lipinski definition) is 3. The zero-order chi connectivity index (χ0) is 18.4. The van der Waals surface area contributed by atoms with Crippen molar-refractivity contribution >= 4 is 17.8 Å². The molecule has 136 valence electrons. The minimum Gasteiger partial charge on any atom is -0.366 e. The second kappa shape index (κ2) is 8.55. The van der Waals surface area contributed by atoms with E-state index in [0.29, 0.717) is 6.04 Å². The van der Waals surface area contributed by atoms with E-state index in [4.69, 9.17) is 5.21 Å². The van der Waals surface area contributed by atoms with Gasteiger partial charge in [-0.3, -0.25) is 14.9 Å². The lowest BCUT2D eigenvalue weighted by Gasteiger charge is -2.17. The lowest BCUT2D eigenvalue weighted by molar-refractivity contribution is -0.124. The number of hydroxylamine groups is 1. The summed E-state index contributed by atoms with van der Waals surface area (Å²) in [6, 6.07) is 10.6. The van der Waals surface area contributed by atoms with Crippen molar-refractivity contribution in [2.45, 2.75) is 19.0 Å². The average molecular weight is 356 g/mol. The summed E-state index contributed by atoms with van der Waals surface area (Å²) in [5.41, 5.74) is 3.41. The fraction of sp³-hybridized carbons (Fsp3) is 0.263. The van der Waals surface area contributed by atoms with Crippen LogP contribution < -0.4 is 10.8 Å². The molecular formula is C19H21FN4O2. The van der Waals surface area contributed by atoms with E-state index in [9.17, 15) is 9.18 Å². The van der Waals surface area contributed by atoms with Crippen molar-refractivity contribution in [1.82, 2.24) is 15.4 Å². The molecule has 0 aliphatic carbocycles. The maximum absolute atomic E-state index is 13.0. The first-order valence-electron chi connectivity index (χ1n) is 8.44. The molecule has 1 aromatic heterocycles. The Balaban J connectivity index is 1.49. The van der Waals surface area contributed by atoms with Gasteiger partial charge in [-0.15, -0.1) is 0 Å². The number of aromatic nitrogens is 1. The van der Waals surface area contributed by atoms with Crippen LogP contribution in [0.2, 0.25) is 0 Å². The zero-order valence-electron chi connectivity index (χ0n) is 14.2. The molecule has 1 atom stereocenters. The molecule has 7 heteroatoms. The van der Waals surface area contributed by atoms with E-state index in [-0.39, 0.29) is 5.82 Å². The van der Waals surface area contributed by atoms with E-state index >= 15 is 0 Å². The molecule has 0 saturated carbocycles. The third kappa shape index (κ3) is 5.11. The van der Waals surface area contributed by atoms with Gasteiger partial charge in [0.05, 0.1) is 0 Å². The molecular weight excluding hydrogens is 335 g/mol. The first kappa shape index (κ1) is 18.0. The quantitative estimate of drug-likeness (QED) is 0.421. The molecule has 1 aliphatic rings. The number of rotatable bonds is 6. The Bertz CT molecular complexity index is 762. The van der Waals surface area contributed by atoms with E-state index in [2.05, 4.69) is 15.2 Å². The number of pyridine rings is 1. The van der Waals surface area contributed by atoms with Crippen molar-refractivity contribution in [2.24, 2.45) is 0 Å². The van der Waals surface area contributed by atoms with Crippen LogP contribution in [0.25, 0.3) is 6.08 Å². The highest BCUT2D eigenvalue weighted by molar-refractivity contribution is 5.90. The summed E-state index contributed by atoms with van der Waals surface area (Å²) in [5, 5.41) is 11.9. The van der Waals surface area contributed by atoms with E-state index in [1.165, 1.54) is 23.7 Å². The monoisotopic (exact) mass is 356 g/mol. The Morgan fingerprint density at radius 3 is 2.81 bits per heavy atom. The molecule has 26 heavy (non-hydrogen) atoms. The van der Waals surface area contributed by atoms with Gasteiger partial charge in [-0.05, 0) is 47.9 Å². The summed E-state index contributed by atoms with van der Waals surface area (Å²) >= 11 is 0. The number of benzene rings is 1. The second-order valence-electron chi connectivity index (χ2n) is 6.28. The Hall–Kier alpha value is -2.77. The van der Waals surface area contributed by atoms with Crippen LogP contribution in [0.3, 0.4) is 0 Å². The van der Waals surface area contributed by atoms with Gasteiger partial charge in [0.25, 0.3) is 5.91 Å². The molecule has 1 aliphatic heterocycles. The van der Waals surface area contributed by atoms with Crippen LogP contribution in [-0.4, -0.2) is 40.1 Å². The molecule has 1 fully saturated rings. The third-order valence-electron chi connectivity index (χ3n) is 4.27. The predicted octanol–water partition coefficient (Wildman–Crippen LogP) is 2.43. The Labute approximate surface area is 151 Å². The molecule has 1 aromatic carbocycles. The van der Waals surface area contributed by atoms with Crippen LogP contribution in [0.1, 0.15) is 17.5 Å². The molecule has 1 amide bonds. The predicted molar refractivity (Wildman–Crippen MR) is 96.9 cm³/mol. The fourth-order valence-corrected chi connectivity index (χ4v) is 2.95. The number of halogens is 1. The molecule has 0 unspecified atom stereocenters. The van der Waals surface area contributed by atoms with Crippen LogP contribution in [0.4, 0.5) is 10.2 Å². The van der Waals surface area contributed by atoms with E-state index in [1.807, 2.05) is 24.3 Å². The van der Waals surface area contributed by atoms with Gasteiger partial charge in [0, 0.05) is 37.9 Å². The van der Waals surface area contributed by atoms with Gasteiger partial charge in [-0.1, -0.05) is 12.1 Å². The molecule has 3 rings (SSSR count). The van der Waals surface area contributed by atoms with Crippen molar-refractivity contribution in [3.8, 4) is 0 Å². The topological polar surface area (TPSA) is 77.5 Å². The van der Waals surface area contributed by atoms with Gasteiger partial charge in [0.2, 0.25) is 0 Å². The van der Waals surface area contributed by atoms with Crippen LogP contribution >= 0.6 is 0 Å². The van der Waals surface area contributed by atoms with Crippen molar-refractivity contribution in [1.29, 1.82) is 0 Å². The Kier molecular flexibility index (Phi) is 5.93. The molecule has 6 nitrogen and oxygen atoms in total. The number of carbonyl (C=O) groups is 1. The zero-order valence-corrected chi connectivity index (χ0v) is 14.2. The summed E-state index contributed by atoms with van der Waals surface area (Å²) in [7, 11) is 0. The largest absolute Gasteiger partial charge is 0.366 e. The standard InChI is InChI=1S/C19H21FN4O2/c20-16-5-1-15(2-6-16)12-24-10-9-17(13-24)22-18-7-3-14(11-21-18)4-8-19(25)23-26/h1-8,11,17,26H,9-10,12-13H2,(H,21,22)(H,23,25)/t17-/m1/s1. The van der Waals surface area contributed by atoms with E-state index < -0.39 is 5.91 Å². The molecule has 1 saturated heterocycles. The van der Waals surface area contributed by atoms with Gasteiger partial charge >= 0.3 is 0 Å². The maximum Gasteiger partial charge on any atom is 0.267 e. The van der Waals surface area contributed by atoms with Crippen molar-refractivity contribution < 1.29 is 14.4 Å². The summed E-state index contributed by atoms with van der Waals surface area (Å²) < 4.78 is 13.0. The Morgan fingerprint density at radius 2 is 2.12 bits per heavy atom. The lowest BCUT2D eigenvalue weighted by atomic mass is 10.2. The van der Waals surface area contributed by atoms with Gasteiger partial charge < -0.3 is 5.32 Å². The summed E-state index contributed by atoms with van der Waals surface area (Å²) in [4.78, 5) is 17.6. The molecule has 0 bridgehead atoms. The van der Waals surface area contributed by atoms with Crippen LogP contribution in [0.15, 0.2) is 48.7 Å². The normalized spacial score (nSPS) is 17.5. The summed E-state index contributed by atoms with van der Waals surface area (Å²) in [6.45, 7) is 2.69. The Morgan fingerprint density at radius 1 is 1.31 bits per heavy atom. The summed E-state index contributed by atoms with van der Waals surface area (Å²) in [6.07, 6.45) is 5.48. The van der Waals surface area contributed by atoms with Crippen LogP contribution in [0, 0.1) is 5.82 Å². The highest BCUT2D eigenvalue weighted by Crippen LogP contribution is 2.17. The van der Waals surface area contributed by atoms with Gasteiger partial charge in [0.1, 0.15) is 11.6 Å². The number of hydrogen-bond acceptors (Lipinski definition) is 5. The van der Waals surface area contributed by atoms with Crippen molar-refractivity contribution in [2.75, 3.05) is 18.4 Å². The minimum atomic E-state index is -0.584. The SMILES string of the molecule is O=C(C=Cc1ccc(N[C@@H]2CCN(Cc3ccc(F)cc3)C2)nc1)NO. The third-order valence-corrected chi connectivity index (χ3v) is 4.27. The number of nitrogens with zero attached hydrogens (tertiary/aromatic N) is 2. The van der Waals surface area contributed by atoms with Gasteiger partial charge in [-0.2, -0.15) is 0 Å². The van der Waals surface area contributed by atoms with E-state index in [1.54, 1.807) is 12.3 Å². The van der Waals surface area contributed by atoms with Crippen molar-refractivity contribution in [3.63, 3.8) is 0 Å². The minimum absolute atomic E-state index is 0.212. The summed E-state index contributed by atoms with van der Waals surface area (Å²) in [5.74, 6) is -0.0159.